The first kappa shape index (κ1) is 82.6. The predicted octanol–water partition coefficient (Wildman–Crippen LogP) is 19.5. The molecule has 1 rings (SSSR count). The summed E-state index contributed by atoms with van der Waals surface area (Å²) in [6.07, 6.45) is 75.7. The third-order valence-corrected chi connectivity index (χ3v) is 17.7. The summed E-state index contributed by atoms with van der Waals surface area (Å²) in [5.41, 5.74) is 0. The summed E-state index contributed by atoms with van der Waals surface area (Å²) in [4.78, 5) is 25.1. The van der Waals surface area contributed by atoms with E-state index in [2.05, 4.69) is 55.6 Å². The minimum absolute atomic E-state index is 0.00334. The topological polar surface area (TPSA) is 175 Å². The number of aliphatic hydroxyl groups is 5. The average Bonchev–Trinajstić information content (AvgIpc) is 3.11. The molecular weight excluding hydrogens is 1090 g/mol. The van der Waals surface area contributed by atoms with E-state index >= 15 is 0 Å². The molecule has 0 spiro atoms. The quantitative estimate of drug-likeness (QED) is 0.0195. The van der Waals surface area contributed by atoms with Crippen molar-refractivity contribution in [2.75, 3.05) is 19.8 Å². The van der Waals surface area contributed by atoms with E-state index in [-0.39, 0.29) is 18.5 Å². The Labute approximate surface area is 536 Å². The van der Waals surface area contributed by atoms with Crippen LogP contribution in [0.15, 0.2) is 48.6 Å². The highest BCUT2D eigenvalue weighted by Crippen LogP contribution is 2.23. The maximum absolute atomic E-state index is 13.0. The first-order chi connectivity index (χ1) is 42.7. The third kappa shape index (κ3) is 53.9. The molecule has 1 aliphatic rings. The molecule has 510 valence electrons. The molecular formula is C76H141NO10. The molecule has 1 amide bonds. The average molecular weight is 1230 g/mol. The van der Waals surface area contributed by atoms with E-state index in [0.29, 0.717) is 19.4 Å². The molecule has 0 radical (unpaired) electrons. The normalized spacial score (nSPS) is 18.1. The van der Waals surface area contributed by atoms with Crippen molar-refractivity contribution in [3.63, 3.8) is 0 Å². The Morgan fingerprint density at radius 1 is 0.425 bits per heavy atom. The van der Waals surface area contributed by atoms with Crippen LogP contribution in [0.3, 0.4) is 0 Å². The molecule has 87 heavy (non-hydrogen) atoms. The fraction of sp³-hybridized carbons (Fsp3) is 0.868. The first-order valence-electron chi connectivity index (χ1n) is 37.4. The number of hydrogen-bond donors (Lipinski definition) is 6. The van der Waals surface area contributed by atoms with Gasteiger partial charge in [0, 0.05) is 12.8 Å². The lowest BCUT2D eigenvalue weighted by Gasteiger charge is -2.40. The van der Waals surface area contributed by atoms with Crippen molar-refractivity contribution >= 4 is 11.9 Å². The summed E-state index contributed by atoms with van der Waals surface area (Å²) in [5, 5.41) is 54.3. The molecule has 1 fully saturated rings. The van der Waals surface area contributed by atoms with Crippen molar-refractivity contribution in [3.05, 3.63) is 48.6 Å². The second kappa shape index (κ2) is 65.1. The number of allylic oxidation sites excluding steroid dienone is 7. The Morgan fingerprint density at radius 2 is 0.770 bits per heavy atom. The number of amides is 1. The second-order valence-electron chi connectivity index (χ2n) is 26.0. The predicted molar refractivity (Wildman–Crippen MR) is 366 cm³/mol. The molecule has 0 aromatic rings. The molecule has 1 aliphatic heterocycles. The smallest absolute Gasteiger partial charge is 0.305 e. The molecule has 0 aromatic heterocycles. The van der Waals surface area contributed by atoms with E-state index in [0.717, 1.165) is 64.2 Å². The number of aliphatic hydroxyl groups excluding tert-OH is 5. The largest absolute Gasteiger partial charge is 0.466 e. The van der Waals surface area contributed by atoms with Gasteiger partial charge in [-0.15, -0.1) is 0 Å². The highest BCUT2D eigenvalue weighted by molar-refractivity contribution is 5.76. The molecule has 1 saturated heterocycles. The molecule has 11 heteroatoms. The fourth-order valence-corrected chi connectivity index (χ4v) is 11.8. The highest BCUT2D eigenvalue weighted by Gasteiger charge is 2.44. The van der Waals surface area contributed by atoms with E-state index in [4.69, 9.17) is 14.2 Å². The molecule has 6 N–H and O–H groups in total. The fourth-order valence-electron chi connectivity index (χ4n) is 11.8. The molecule has 0 aromatic carbocycles. The summed E-state index contributed by atoms with van der Waals surface area (Å²) >= 11 is 0. The van der Waals surface area contributed by atoms with Crippen molar-refractivity contribution in [1.29, 1.82) is 0 Å². The van der Waals surface area contributed by atoms with E-state index in [9.17, 15) is 35.1 Å². The lowest BCUT2D eigenvalue weighted by molar-refractivity contribution is -0.302. The Balaban J connectivity index is 1.89. The summed E-state index contributed by atoms with van der Waals surface area (Å²) in [7, 11) is 0. The van der Waals surface area contributed by atoms with Crippen molar-refractivity contribution in [2.45, 2.75) is 403 Å². The number of esters is 1. The van der Waals surface area contributed by atoms with Gasteiger partial charge in [-0.25, -0.2) is 0 Å². The molecule has 1 heterocycles. The Hall–Kier alpha value is -2.38. The van der Waals surface area contributed by atoms with Crippen LogP contribution in [0.4, 0.5) is 0 Å². The van der Waals surface area contributed by atoms with Crippen LogP contribution in [0.25, 0.3) is 0 Å². The van der Waals surface area contributed by atoms with Crippen LogP contribution in [0.5, 0.6) is 0 Å². The Morgan fingerprint density at radius 3 is 1.18 bits per heavy atom. The second-order valence-corrected chi connectivity index (χ2v) is 26.0. The lowest BCUT2D eigenvalue weighted by Crippen LogP contribution is -2.60. The third-order valence-electron chi connectivity index (χ3n) is 17.7. The lowest BCUT2D eigenvalue weighted by atomic mass is 9.99. The van der Waals surface area contributed by atoms with Crippen molar-refractivity contribution in [2.24, 2.45) is 0 Å². The number of ether oxygens (including phenoxy) is 3. The van der Waals surface area contributed by atoms with Crippen molar-refractivity contribution < 1.29 is 49.3 Å². The maximum atomic E-state index is 13.0. The minimum Gasteiger partial charge on any atom is -0.466 e. The monoisotopic (exact) mass is 1230 g/mol. The molecule has 0 bridgehead atoms. The zero-order valence-electron chi connectivity index (χ0n) is 56.7. The van der Waals surface area contributed by atoms with Crippen molar-refractivity contribution in [3.8, 4) is 0 Å². The minimum atomic E-state index is -1.57. The van der Waals surface area contributed by atoms with Crippen LogP contribution >= 0.6 is 0 Å². The van der Waals surface area contributed by atoms with Gasteiger partial charge in [-0.3, -0.25) is 9.59 Å². The van der Waals surface area contributed by atoms with Crippen LogP contribution < -0.4 is 5.32 Å². The maximum Gasteiger partial charge on any atom is 0.305 e. The number of unbranched alkanes of at least 4 members (excludes halogenated alkanes) is 46. The van der Waals surface area contributed by atoms with Gasteiger partial charge in [-0.1, -0.05) is 306 Å². The summed E-state index contributed by atoms with van der Waals surface area (Å²) in [6.45, 7) is 4.33. The number of carbonyl (C=O) groups excluding carboxylic acids is 2. The van der Waals surface area contributed by atoms with Gasteiger partial charge in [0.1, 0.15) is 24.4 Å². The van der Waals surface area contributed by atoms with Gasteiger partial charge in [0.2, 0.25) is 5.91 Å². The number of carbonyl (C=O) groups is 2. The van der Waals surface area contributed by atoms with Gasteiger partial charge in [-0.2, -0.15) is 0 Å². The van der Waals surface area contributed by atoms with Gasteiger partial charge in [0.15, 0.2) is 6.29 Å². The Bertz CT molecular complexity index is 1580. The van der Waals surface area contributed by atoms with E-state index < -0.39 is 49.5 Å². The zero-order valence-corrected chi connectivity index (χ0v) is 56.7. The Kier molecular flexibility index (Phi) is 61.9. The van der Waals surface area contributed by atoms with Gasteiger partial charge in [0.05, 0.1) is 32.0 Å². The number of nitrogens with one attached hydrogen (secondary N) is 1. The molecule has 0 saturated carbocycles. The van der Waals surface area contributed by atoms with E-state index in [1.807, 2.05) is 6.08 Å². The van der Waals surface area contributed by atoms with Crippen LogP contribution in [0, 0.1) is 0 Å². The van der Waals surface area contributed by atoms with Crippen LogP contribution in [0.1, 0.15) is 361 Å². The van der Waals surface area contributed by atoms with E-state index in [1.165, 1.54) is 270 Å². The summed E-state index contributed by atoms with van der Waals surface area (Å²) in [6, 6.07) is -0.807. The highest BCUT2D eigenvalue weighted by atomic mass is 16.7. The summed E-state index contributed by atoms with van der Waals surface area (Å²) < 4.78 is 16.7. The molecule has 7 unspecified atom stereocenters. The molecule has 0 aliphatic carbocycles. The number of hydrogen-bond acceptors (Lipinski definition) is 10. The molecule has 7 atom stereocenters. The SMILES string of the molecule is CCCCCC/C=C\CCCCCCCC(=O)OCCCCCCCCCCCCCCC/C=C\C/C=C\CCCCCCCCCCCCCCCCCCCC(=O)NC(COC1OC(CO)C(O)C(O)C1O)C(O)/C=C/CCCCCCCCC. The first-order valence-corrected chi connectivity index (χ1v) is 37.4. The zero-order chi connectivity index (χ0) is 63.0. The standard InChI is InChI=1S/C76H141NO10/c1-3-5-7-9-11-13-14-40-44-48-52-56-60-64-72(81)85-65-61-57-53-49-45-42-39-37-35-33-31-29-27-25-23-21-19-17-15-16-18-20-22-24-26-28-30-32-34-36-38-41-43-47-51-55-59-63-71(80)77-68(69(79)62-58-54-50-46-12-10-8-6-4-2)67-86-76-75(84)74(83)73(82)70(66-78)87-76/h13-15,17,21,23,58,62,68-70,73-76,78-79,82-84H,3-12,16,18-20,22,24-57,59-61,63-67H2,1-2H3,(H,77,80)/b14-13-,17-15-,23-21-,62-58+. The van der Waals surface area contributed by atoms with Gasteiger partial charge >= 0.3 is 5.97 Å². The van der Waals surface area contributed by atoms with Gasteiger partial charge in [0.25, 0.3) is 0 Å². The van der Waals surface area contributed by atoms with Crippen LogP contribution in [0.2, 0.25) is 0 Å². The molecule has 11 nitrogen and oxygen atoms in total. The van der Waals surface area contributed by atoms with Crippen LogP contribution in [-0.4, -0.2) is 100 Å². The number of rotatable bonds is 66. The van der Waals surface area contributed by atoms with Gasteiger partial charge < -0.3 is 45.1 Å². The van der Waals surface area contributed by atoms with Crippen molar-refractivity contribution in [1.82, 2.24) is 5.32 Å². The van der Waals surface area contributed by atoms with Crippen LogP contribution in [-0.2, 0) is 23.8 Å². The summed E-state index contributed by atoms with van der Waals surface area (Å²) in [5.74, 6) is -0.177. The van der Waals surface area contributed by atoms with Gasteiger partial charge in [-0.05, 0) is 89.9 Å². The van der Waals surface area contributed by atoms with E-state index in [1.54, 1.807) is 6.08 Å².